The second kappa shape index (κ2) is 24.3. The third-order valence-electron chi connectivity index (χ3n) is 1.08. The molecule has 0 bridgehead atoms. The summed E-state index contributed by atoms with van der Waals surface area (Å²) in [7, 11) is 0. The molecule has 0 unspecified atom stereocenters. The number of carboxylic acids is 3. The predicted molar refractivity (Wildman–Crippen MR) is 53.5 cm³/mol. The summed E-state index contributed by atoms with van der Waals surface area (Å²) in [6.45, 7) is -1.80. The standard InChI is InChI=1S/C6H9NO6.3Na.3H2O.3H/c8-4(9)1-7(2-5(10)11)3-6(12)13;;;;;;;;;/h1-3H2,(H,8,9)(H,10,11)(H,12,13);;;;3*1H2;;;/q;3*+1;;;;3*-1. The van der Waals surface area contributed by atoms with Gasteiger partial charge in [0.15, 0.2) is 0 Å². The van der Waals surface area contributed by atoms with Crippen LogP contribution in [-0.4, -0.2) is 74.2 Å². The quantitative estimate of drug-likeness (QED) is 0.402. The van der Waals surface area contributed by atoms with E-state index in [1.165, 1.54) is 0 Å². The molecule has 0 aliphatic carbocycles. The summed E-state index contributed by atoms with van der Waals surface area (Å²) < 4.78 is 0. The van der Waals surface area contributed by atoms with Gasteiger partial charge >= 0.3 is 107 Å². The fourth-order valence-electron chi connectivity index (χ4n) is 0.742. The van der Waals surface area contributed by atoms with Gasteiger partial charge < -0.3 is 36.0 Å². The summed E-state index contributed by atoms with van der Waals surface area (Å²) in [5.41, 5.74) is 0. The number of hydrogen-bond acceptors (Lipinski definition) is 4. The maximum absolute atomic E-state index is 10.1. The molecule has 0 atom stereocenters. The van der Waals surface area contributed by atoms with Crippen LogP contribution < -0.4 is 88.7 Å². The largest absolute Gasteiger partial charge is 1.00 e. The Labute approximate surface area is 179 Å². The van der Waals surface area contributed by atoms with Gasteiger partial charge in [0.2, 0.25) is 0 Å². The zero-order valence-corrected chi connectivity index (χ0v) is 17.1. The van der Waals surface area contributed by atoms with E-state index in [-0.39, 0.29) is 109 Å². The molecule has 0 saturated carbocycles. The number of aliphatic carboxylic acids is 3. The van der Waals surface area contributed by atoms with E-state index >= 15 is 0 Å². The Morgan fingerprint density at radius 1 is 0.684 bits per heavy atom. The Kier molecular flexibility index (Phi) is 54.6. The van der Waals surface area contributed by atoms with Crippen LogP contribution in [0, 0.1) is 0 Å². The third-order valence-corrected chi connectivity index (χ3v) is 1.08. The van der Waals surface area contributed by atoms with Crippen LogP contribution in [0.2, 0.25) is 0 Å². The molecule has 0 aliphatic heterocycles. The molecular weight excluding hydrogens is 299 g/mol. The number of carboxylic acid groups (broad SMARTS) is 3. The Morgan fingerprint density at radius 3 is 0.947 bits per heavy atom. The Hall–Kier alpha value is 1.25. The maximum atomic E-state index is 10.1. The van der Waals surface area contributed by atoms with E-state index in [0.717, 1.165) is 4.90 Å². The van der Waals surface area contributed by atoms with Gasteiger partial charge in [-0.3, -0.25) is 19.3 Å². The van der Waals surface area contributed by atoms with E-state index < -0.39 is 37.5 Å². The van der Waals surface area contributed by atoms with Crippen molar-refractivity contribution in [2.24, 2.45) is 0 Å². The average Bonchev–Trinajstić information content (AvgIpc) is 1.80. The molecule has 10 nitrogen and oxygen atoms in total. The van der Waals surface area contributed by atoms with Crippen LogP contribution in [-0.2, 0) is 14.4 Å². The zero-order valence-electron chi connectivity index (χ0n) is 14.1. The second-order valence-electron chi connectivity index (χ2n) is 2.33. The van der Waals surface area contributed by atoms with Crippen molar-refractivity contribution < 1.29 is 139 Å². The van der Waals surface area contributed by atoms with E-state index in [4.69, 9.17) is 15.3 Å². The first-order valence-corrected chi connectivity index (χ1v) is 3.29. The van der Waals surface area contributed by atoms with Crippen molar-refractivity contribution >= 4 is 17.9 Å². The van der Waals surface area contributed by atoms with Crippen molar-refractivity contribution in [2.75, 3.05) is 19.6 Å². The average molecular weight is 317 g/mol. The van der Waals surface area contributed by atoms with Crippen LogP contribution in [0.15, 0.2) is 0 Å². The van der Waals surface area contributed by atoms with Crippen molar-refractivity contribution in [3.8, 4) is 0 Å². The normalized spacial score (nSPS) is 6.79. The molecule has 104 valence electrons. The summed E-state index contributed by atoms with van der Waals surface area (Å²) in [6, 6.07) is 0. The van der Waals surface area contributed by atoms with Crippen molar-refractivity contribution in [1.82, 2.24) is 4.90 Å². The fraction of sp³-hybridized carbons (Fsp3) is 0.500. The molecule has 0 radical (unpaired) electrons. The van der Waals surface area contributed by atoms with Gasteiger partial charge in [-0.1, -0.05) is 0 Å². The van der Waals surface area contributed by atoms with Crippen LogP contribution in [0.5, 0.6) is 0 Å². The molecule has 13 heteroatoms. The molecule has 0 aliphatic rings. The first-order chi connectivity index (χ1) is 5.91. The second-order valence-corrected chi connectivity index (χ2v) is 2.33. The van der Waals surface area contributed by atoms with Crippen molar-refractivity contribution in [2.45, 2.75) is 0 Å². The van der Waals surface area contributed by atoms with E-state index in [1.807, 2.05) is 0 Å². The predicted octanol–water partition coefficient (Wildman–Crippen LogP) is -12.6. The molecule has 0 aromatic heterocycles. The maximum Gasteiger partial charge on any atom is 1.00 e. The smallest absolute Gasteiger partial charge is 1.00 e. The van der Waals surface area contributed by atoms with Crippen LogP contribution >= 0.6 is 0 Å². The first-order valence-electron chi connectivity index (χ1n) is 3.29. The van der Waals surface area contributed by atoms with Crippen LogP contribution in [0.25, 0.3) is 0 Å². The number of rotatable bonds is 6. The summed E-state index contributed by atoms with van der Waals surface area (Å²) >= 11 is 0. The van der Waals surface area contributed by atoms with Gasteiger partial charge in [-0.05, 0) is 0 Å². The molecule has 9 N–H and O–H groups in total. The summed E-state index contributed by atoms with van der Waals surface area (Å²) in [5.74, 6) is -3.78. The molecule has 0 amide bonds. The van der Waals surface area contributed by atoms with Crippen LogP contribution in [0.4, 0.5) is 0 Å². The minimum Gasteiger partial charge on any atom is -1.00 e. The van der Waals surface area contributed by atoms with Gasteiger partial charge in [0, 0.05) is 0 Å². The van der Waals surface area contributed by atoms with Gasteiger partial charge in [-0.15, -0.1) is 0 Å². The minimum atomic E-state index is -1.26. The summed E-state index contributed by atoms with van der Waals surface area (Å²) in [4.78, 5) is 31.2. The minimum absolute atomic E-state index is 0. The molecule has 0 saturated heterocycles. The Balaban J connectivity index is -0.0000000200. The molecule has 0 fully saturated rings. The van der Waals surface area contributed by atoms with E-state index in [2.05, 4.69) is 0 Å². The van der Waals surface area contributed by atoms with Crippen LogP contribution in [0.1, 0.15) is 4.28 Å². The number of carbonyl (C=O) groups is 3. The van der Waals surface area contributed by atoms with E-state index in [9.17, 15) is 14.4 Å². The topological polar surface area (TPSA) is 210 Å². The van der Waals surface area contributed by atoms with Gasteiger partial charge in [-0.25, -0.2) is 0 Å². The van der Waals surface area contributed by atoms with Crippen molar-refractivity contribution in [3.63, 3.8) is 0 Å². The number of nitrogens with zero attached hydrogens (tertiary/aromatic N) is 1. The monoisotopic (exact) mass is 317 g/mol. The van der Waals surface area contributed by atoms with E-state index in [1.54, 1.807) is 0 Å². The van der Waals surface area contributed by atoms with Gasteiger partial charge in [0.05, 0.1) is 19.6 Å². The summed E-state index contributed by atoms with van der Waals surface area (Å²) in [6.07, 6.45) is 0. The Bertz CT molecular complexity index is 215. The van der Waals surface area contributed by atoms with Crippen molar-refractivity contribution in [1.29, 1.82) is 0 Å². The van der Waals surface area contributed by atoms with Crippen molar-refractivity contribution in [3.05, 3.63) is 0 Å². The molecular formula is C6H18NNa3O9. The molecule has 19 heavy (non-hydrogen) atoms. The van der Waals surface area contributed by atoms with Gasteiger partial charge in [0.25, 0.3) is 0 Å². The first kappa shape index (κ1) is 42.7. The van der Waals surface area contributed by atoms with Crippen LogP contribution in [0.3, 0.4) is 0 Å². The molecule has 0 spiro atoms. The zero-order chi connectivity index (χ0) is 10.4. The molecule has 0 rings (SSSR count). The van der Waals surface area contributed by atoms with Gasteiger partial charge in [-0.2, -0.15) is 0 Å². The number of hydrogen-bond donors (Lipinski definition) is 3. The van der Waals surface area contributed by atoms with Gasteiger partial charge in [0.1, 0.15) is 0 Å². The van der Waals surface area contributed by atoms with E-state index in [0.29, 0.717) is 0 Å². The fourth-order valence-corrected chi connectivity index (χ4v) is 0.742. The third kappa shape index (κ3) is 32.6. The summed E-state index contributed by atoms with van der Waals surface area (Å²) in [5, 5.41) is 24.8. The molecule has 0 aromatic rings. The molecule has 0 aromatic carbocycles. The Morgan fingerprint density at radius 2 is 0.842 bits per heavy atom. The SMILES string of the molecule is O.O.O.O=C(O)CN(CC(=O)O)CC(=O)O.[H-].[H-].[H-].[Na+].[Na+].[Na+]. The molecule has 0 heterocycles.